The van der Waals surface area contributed by atoms with Crippen molar-refractivity contribution in [1.29, 1.82) is 0 Å². The molecule has 0 aromatic heterocycles. The SMILES string of the molecule is Cc1cc(C)c(C2=NO[C@H]3[C@H]2C(=O)C=C2N(Cc4ccccc4)CCO[C@@]23O)c(C)c1. The molecule has 0 unspecified atom stereocenters. The zero-order chi connectivity index (χ0) is 21.8. The van der Waals surface area contributed by atoms with Crippen molar-refractivity contribution < 1.29 is 19.5 Å². The first-order valence-electron chi connectivity index (χ1n) is 10.6. The number of hydrogen-bond donors (Lipinski definition) is 1. The fourth-order valence-electron chi connectivity index (χ4n) is 5.09. The number of rotatable bonds is 3. The Bertz CT molecular complexity index is 1080. The standard InChI is InChI=1S/C25H26N2O4/c1-15-11-16(2)21(17(3)12-15)23-22-19(28)13-20-25(29,24(22)31-26-23)30-10-9-27(20)14-18-7-5-4-6-8-18/h4-8,11-13,22,24,29H,9-10,14H2,1-3H3/t22-,24-,25-/m0/s1. The van der Waals surface area contributed by atoms with E-state index < -0.39 is 17.8 Å². The topological polar surface area (TPSA) is 71.4 Å². The Morgan fingerprint density at radius 1 is 1.16 bits per heavy atom. The number of oxime groups is 1. The van der Waals surface area contributed by atoms with Crippen LogP contribution in [0.4, 0.5) is 0 Å². The summed E-state index contributed by atoms with van der Waals surface area (Å²) in [4.78, 5) is 21.0. The number of carbonyl (C=O) groups is 1. The van der Waals surface area contributed by atoms with Crippen LogP contribution in [0.2, 0.25) is 0 Å². The van der Waals surface area contributed by atoms with E-state index in [0.29, 0.717) is 31.1 Å². The molecule has 1 fully saturated rings. The van der Waals surface area contributed by atoms with Gasteiger partial charge < -0.3 is 19.6 Å². The highest BCUT2D eigenvalue weighted by Gasteiger charge is 2.60. The van der Waals surface area contributed by atoms with Gasteiger partial charge in [-0.2, -0.15) is 0 Å². The third-order valence-electron chi connectivity index (χ3n) is 6.37. The van der Waals surface area contributed by atoms with E-state index in [1.165, 1.54) is 6.08 Å². The van der Waals surface area contributed by atoms with Gasteiger partial charge in [-0.05, 0) is 37.5 Å². The van der Waals surface area contributed by atoms with Crippen LogP contribution < -0.4 is 0 Å². The van der Waals surface area contributed by atoms with Crippen molar-refractivity contribution in [3.8, 4) is 0 Å². The molecule has 31 heavy (non-hydrogen) atoms. The molecule has 2 aliphatic heterocycles. The van der Waals surface area contributed by atoms with Gasteiger partial charge in [-0.25, -0.2) is 0 Å². The molecule has 160 valence electrons. The molecule has 6 nitrogen and oxygen atoms in total. The number of hydrogen-bond acceptors (Lipinski definition) is 6. The number of morpholine rings is 1. The summed E-state index contributed by atoms with van der Waals surface area (Å²) in [7, 11) is 0. The number of ether oxygens (including phenoxy) is 1. The van der Waals surface area contributed by atoms with Gasteiger partial charge in [-0.1, -0.05) is 53.2 Å². The molecule has 0 spiro atoms. The minimum Gasteiger partial charge on any atom is -0.385 e. The molecular formula is C25H26N2O4. The largest absolute Gasteiger partial charge is 0.385 e. The Hall–Kier alpha value is -2.96. The average Bonchev–Trinajstić information content (AvgIpc) is 3.16. The van der Waals surface area contributed by atoms with Gasteiger partial charge in [0.15, 0.2) is 5.78 Å². The van der Waals surface area contributed by atoms with Crippen molar-refractivity contribution in [3.63, 3.8) is 0 Å². The molecule has 0 saturated carbocycles. The minimum absolute atomic E-state index is 0.121. The first-order chi connectivity index (χ1) is 14.9. The molecule has 3 aliphatic rings. The molecule has 1 saturated heterocycles. The first kappa shape index (κ1) is 20.0. The lowest BCUT2D eigenvalue weighted by Crippen LogP contribution is -2.61. The molecule has 2 aromatic rings. The predicted octanol–water partition coefficient (Wildman–Crippen LogP) is 3.02. The van der Waals surface area contributed by atoms with Gasteiger partial charge in [0.05, 0.1) is 12.3 Å². The van der Waals surface area contributed by atoms with Crippen LogP contribution in [-0.2, 0) is 20.9 Å². The third kappa shape index (κ3) is 3.18. The zero-order valence-electron chi connectivity index (χ0n) is 18.0. The first-order valence-corrected chi connectivity index (χ1v) is 10.6. The van der Waals surface area contributed by atoms with E-state index in [1.807, 2.05) is 56.0 Å². The maximum absolute atomic E-state index is 13.3. The lowest BCUT2D eigenvalue weighted by molar-refractivity contribution is -0.271. The van der Waals surface area contributed by atoms with Crippen LogP contribution in [0.5, 0.6) is 0 Å². The van der Waals surface area contributed by atoms with Crippen molar-refractivity contribution in [3.05, 3.63) is 82.1 Å². The van der Waals surface area contributed by atoms with E-state index in [9.17, 15) is 9.90 Å². The Morgan fingerprint density at radius 2 is 1.87 bits per heavy atom. The van der Waals surface area contributed by atoms with Gasteiger partial charge in [0.1, 0.15) is 11.6 Å². The van der Waals surface area contributed by atoms with Gasteiger partial charge in [-0.15, -0.1) is 0 Å². The van der Waals surface area contributed by atoms with Gasteiger partial charge in [-0.3, -0.25) is 4.79 Å². The third-order valence-corrected chi connectivity index (χ3v) is 6.37. The van der Waals surface area contributed by atoms with Crippen molar-refractivity contribution in [2.24, 2.45) is 11.1 Å². The molecule has 0 amide bonds. The number of fused-ring (bicyclic) bond motifs is 3. The van der Waals surface area contributed by atoms with Crippen LogP contribution in [0.15, 0.2) is 59.4 Å². The molecule has 6 heteroatoms. The van der Waals surface area contributed by atoms with E-state index in [0.717, 1.165) is 27.8 Å². The van der Waals surface area contributed by atoms with Crippen molar-refractivity contribution in [1.82, 2.24) is 4.90 Å². The molecule has 0 bridgehead atoms. The highest BCUT2D eigenvalue weighted by Crippen LogP contribution is 2.44. The normalized spacial score (nSPS) is 27.2. The maximum atomic E-state index is 13.3. The molecule has 1 aliphatic carbocycles. The number of ketones is 1. The second kappa shape index (κ2) is 7.32. The highest BCUT2D eigenvalue weighted by atomic mass is 16.7. The summed E-state index contributed by atoms with van der Waals surface area (Å²) in [5.74, 6) is -2.54. The Kier molecular flexibility index (Phi) is 4.72. The quantitative estimate of drug-likeness (QED) is 0.830. The summed E-state index contributed by atoms with van der Waals surface area (Å²) in [6.07, 6.45) is 0.612. The number of nitrogens with zero attached hydrogens (tertiary/aromatic N) is 2. The van der Waals surface area contributed by atoms with Crippen LogP contribution in [0.25, 0.3) is 0 Å². The highest BCUT2D eigenvalue weighted by molar-refractivity contribution is 6.19. The van der Waals surface area contributed by atoms with E-state index in [4.69, 9.17) is 9.57 Å². The van der Waals surface area contributed by atoms with Crippen molar-refractivity contribution in [2.45, 2.75) is 39.2 Å². The molecule has 2 aromatic carbocycles. The lowest BCUT2D eigenvalue weighted by Gasteiger charge is -2.47. The summed E-state index contributed by atoms with van der Waals surface area (Å²) in [5.41, 5.74) is 6.23. The molecule has 2 heterocycles. The van der Waals surface area contributed by atoms with Crippen LogP contribution in [-0.4, -0.2) is 46.5 Å². The number of carbonyl (C=O) groups excluding carboxylic acids is 1. The summed E-state index contributed by atoms with van der Waals surface area (Å²) < 4.78 is 5.86. The van der Waals surface area contributed by atoms with Crippen LogP contribution in [0, 0.1) is 26.7 Å². The second-order valence-corrected chi connectivity index (χ2v) is 8.64. The summed E-state index contributed by atoms with van der Waals surface area (Å²) in [5, 5.41) is 15.9. The molecule has 5 rings (SSSR count). The van der Waals surface area contributed by atoms with Gasteiger partial charge in [0.2, 0.25) is 11.9 Å². The average molecular weight is 418 g/mol. The number of benzene rings is 2. The predicted molar refractivity (Wildman–Crippen MR) is 116 cm³/mol. The molecule has 0 radical (unpaired) electrons. The molecule has 3 atom stereocenters. The van der Waals surface area contributed by atoms with E-state index in [-0.39, 0.29) is 5.78 Å². The van der Waals surface area contributed by atoms with Crippen LogP contribution in [0.1, 0.15) is 27.8 Å². The second-order valence-electron chi connectivity index (χ2n) is 8.64. The van der Waals surface area contributed by atoms with E-state index in [1.54, 1.807) is 0 Å². The van der Waals surface area contributed by atoms with Gasteiger partial charge in [0, 0.05) is 24.7 Å². The number of aliphatic hydroxyl groups is 1. The summed E-state index contributed by atoms with van der Waals surface area (Å²) in [6, 6.07) is 14.1. The Labute approximate surface area is 181 Å². The van der Waals surface area contributed by atoms with Crippen molar-refractivity contribution >= 4 is 11.5 Å². The summed E-state index contributed by atoms with van der Waals surface area (Å²) in [6.45, 7) is 7.55. The number of allylic oxidation sites excluding steroid dienone is 1. The smallest absolute Gasteiger partial charge is 0.250 e. The maximum Gasteiger partial charge on any atom is 0.250 e. The number of aryl methyl sites for hydroxylation is 3. The van der Waals surface area contributed by atoms with Crippen molar-refractivity contribution in [2.75, 3.05) is 13.2 Å². The fraction of sp³-hybridized carbons (Fsp3) is 0.360. The summed E-state index contributed by atoms with van der Waals surface area (Å²) >= 11 is 0. The fourth-order valence-corrected chi connectivity index (χ4v) is 5.09. The molecule has 1 N–H and O–H groups in total. The lowest BCUT2D eigenvalue weighted by atomic mass is 9.77. The Balaban J connectivity index is 1.52. The van der Waals surface area contributed by atoms with Gasteiger partial charge >= 0.3 is 0 Å². The minimum atomic E-state index is -1.72. The zero-order valence-corrected chi connectivity index (χ0v) is 18.0. The Morgan fingerprint density at radius 3 is 2.58 bits per heavy atom. The van der Waals surface area contributed by atoms with Crippen LogP contribution >= 0.6 is 0 Å². The monoisotopic (exact) mass is 418 g/mol. The van der Waals surface area contributed by atoms with Gasteiger partial charge in [0.25, 0.3) is 0 Å². The van der Waals surface area contributed by atoms with E-state index in [2.05, 4.69) is 17.3 Å². The van der Waals surface area contributed by atoms with Crippen LogP contribution in [0.3, 0.4) is 0 Å². The van der Waals surface area contributed by atoms with E-state index >= 15 is 0 Å². The molecular weight excluding hydrogens is 392 g/mol.